The molecule has 0 bridgehead atoms. The number of carboxylic acid groups (broad SMARTS) is 1. The van der Waals surface area contributed by atoms with Crippen molar-refractivity contribution in [2.24, 2.45) is 5.73 Å². The summed E-state index contributed by atoms with van der Waals surface area (Å²) >= 11 is 0. The SMILES string of the molecule is Cc1ccc(OCc2coc3ccc(-c4cccc(CN)c4)cc23)c(CC(=O)O)c1. The van der Waals surface area contributed by atoms with Crippen molar-refractivity contribution in [2.75, 3.05) is 0 Å². The molecule has 3 aromatic carbocycles. The first-order chi connectivity index (χ1) is 14.5. The number of benzene rings is 3. The largest absolute Gasteiger partial charge is 0.488 e. The Labute approximate surface area is 174 Å². The zero-order chi connectivity index (χ0) is 21.1. The first-order valence-corrected chi connectivity index (χ1v) is 9.77. The second kappa shape index (κ2) is 8.43. The quantitative estimate of drug-likeness (QED) is 0.451. The van der Waals surface area contributed by atoms with Gasteiger partial charge in [0.1, 0.15) is 17.9 Å². The molecule has 1 aromatic heterocycles. The number of furan rings is 1. The van der Waals surface area contributed by atoms with E-state index < -0.39 is 5.97 Å². The molecular weight excluding hydrogens is 378 g/mol. The van der Waals surface area contributed by atoms with Crippen LogP contribution in [0.4, 0.5) is 0 Å². The van der Waals surface area contributed by atoms with Gasteiger partial charge in [-0.1, -0.05) is 42.0 Å². The minimum absolute atomic E-state index is 0.0786. The van der Waals surface area contributed by atoms with Crippen molar-refractivity contribution in [1.29, 1.82) is 0 Å². The Morgan fingerprint density at radius 2 is 1.87 bits per heavy atom. The van der Waals surface area contributed by atoms with Gasteiger partial charge in [0.2, 0.25) is 0 Å². The molecule has 5 heteroatoms. The van der Waals surface area contributed by atoms with Gasteiger partial charge in [-0.2, -0.15) is 0 Å². The van der Waals surface area contributed by atoms with Crippen LogP contribution >= 0.6 is 0 Å². The average molecular weight is 401 g/mol. The fraction of sp³-hybridized carbons (Fsp3) is 0.160. The summed E-state index contributed by atoms with van der Waals surface area (Å²) in [7, 11) is 0. The van der Waals surface area contributed by atoms with Crippen LogP contribution in [0.5, 0.6) is 5.75 Å². The van der Waals surface area contributed by atoms with E-state index in [1.807, 2.05) is 49.4 Å². The molecule has 0 saturated heterocycles. The Hall–Kier alpha value is -3.57. The Kier molecular flexibility index (Phi) is 5.55. The minimum Gasteiger partial charge on any atom is -0.488 e. The Morgan fingerprint density at radius 1 is 1.03 bits per heavy atom. The molecule has 0 aliphatic rings. The van der Waals surface area contributed by atoms with Gasteiger partial charge >= 0.3 is 5.97 Å². The van der Waals surface area contributed by atoms with E-state index in [0.29, 0.717) is 17.9 Å². The molecule has 0 fully saturated rings. The lowest BCUT2D eigenvalue weighted by molar-refractivity contribution is -0.136. The number of aryl methyl sites for hydroxylation is 1. The number of fused-ring (bicyclic) bond motifs is 1. The van der Waals surface area contributed by atoms with E-state index in [9.17, 15) is 9.90 Å². The predicted octanol–water partition coefficient (Wildman–Crippen LogP) is 5.07. The molecule has 0 radical (unpaired) electrons. The summed E-state index contributed by atoms with van der Waals surface area (Å²) in [6.45, 7) is 2.71. The highest BCUT2D eigenvalue weighted by atomic mass is 16.5. The number of ether oxygens (including phenoxy) is 1. The Morgan fingerprint density at radius 3 is 2.67 bits per heavy atom. The molecule has 0 amide bonds. The Bertz CT molecular complexity index is 1210. The van der Waals surface area contributed by atoms with Crippen LogP contribution in [-0.4, -0.2) is 11.1 Å². The van der Waals surface area contributed by atoms with Gasteiger partial charge in [0.05, 0.1) is 12.7 Å². The summed E-state index contributed by atoms with van der Waals surface area (Å²) in [4.78, 5) is 11.2. The van der Waals surface area contributed by atoms with Crippen LogP contribution in [0.1, 0.15) is 22.3 Å². The lowest BCUT2D eigenvalue weighted by Crippen LogP contribution is -2.04. The highest BCUT2D eigenvalue weighted by molar-refractivity contribution is 5.86. The molecule has 0 spiro atoms. The van der Waals surface area contributed by atoms with E-state index in [1.165, 1.54) is 0 Å². The third-order valence-corrected chi connectivity index (χ3v) is 5.09. The van der Waals surface area contributed by atoms with Crippen molar-refractivity contribution >= 4 is 16.9 Å². The summed E-state index contributed by atoms with van der Waals surface area (Å²) in [5, 5.41) is 10.1. The van der Waals surface area contributed by atoms with Gasteiger partial charge in [0.25, 0.3) is 0 Å². The van der Waals surface area contributed by atoms with Gasteiger partial charge in [-0.05, 0) is 47.9 Å². The number of aliphatic carboxylic acids is 1. The van der Waals surface area contributed by atoms with Gasteiger partial charge in [0.15, 0.2) is 0 Å². The van der Waals surface area contributed by atoms with E-state index in [2.05, 4.69) is 18.2 Å². The molecule has 4 aromatic rings. The highest BCUT2D eigenvalue weighted by Gasteiger charge is 2.12. The maximum atomic E-state index is 11.2. The van der Waals surface area contributed by atoms with Crippen molar-refractivity contribution in [3.8, 4) is 16.9 Å². The fourth-order valence-corrected chi connectivity index (χ4v) is 3.56. The van der Waals surface area contributed by atoms with Crippen molar-refractivity contribution in [2.45, 2.75) is 26.5 Å². The van der Waals surface area contributed by atoms with Crippen LogP contribution in [-0.2, 0) is 24.4 Å². The molecule has 4 rings (SSSR count). The maximum Gasteiger partial charge on any atom is 0.307 e. The average Bonchev–Trinajstić information content (AvgIpc) is 3.15. The number of rotatable bonds is 7. The molecule has 0 unspecified atom stereocenters. The van der Waals surface area contributed by atoms with E-state index in [4.69, 9.17) is 14.9 Å². The number of nitrogens with two attached hydrogens (primary N) is 1. The lowest BCUT2D eigenvalue weighted by Gasteiger charge is -2.11. The first-order valence-electron chi connectivity index (χ1n) is 9.77. The second-order valence-electron chi connectivity index (χ2n) is 7.35. The normalized spacial score (nSPS) is 11.0. The minimum atomic E-state index is -0.886. The van der Waals surface area contributed by atoms with Crippen LogP contribution in [0.15, 0.2) is 71.3 Å². The molecule has 0 saturated carbocycles. The van der Waals surface area contributed by atoms with Gasteiger partial charge < -0.3 is 20.0 Å². The zero-order valence-electron chi connectivity index (χ0n) is 16.7. The van der Waals surface area contributed by atoms with Crippen molar-refractivity contribution in [3.63, 3.8) is 0 Å². The number of hydrogen-bond donors (Lipinski definition) is 2. The van der Waals surface area contributed by atoms with Crippen LogP contribution in [0, 0.1) is 6.92 Å². The van der Waals surface area contributed by atoms with Crippen LogP contribution in [0.3, 0.4) is 0 Å². The molecule has 0 aliphatic carbocycles. The standard InChI is InChI=1S/C25H23NO4/c1-16-5-7-23(20(9-16)12-25(27)28)29-14-21-15-30-24-8-6-19(11-22(21)24)18-4-2-3-17(10-18)13-26/h2-11,15H,12-14,26H2,1H3,(H,27,28). The molecule has 0 aliphatic heterocycles. The smallest absolute Gasteiger partial charge is 0.307 e. The second-order valence-corrected chi connectivity index (χ2v) is 7.35. The third-order valence-electron chi connectivity index (χ3n) is 5.09. The molecule has 0 atom stereocenters. The first kappa shape index (κ1) is 19.7. The lowest BCUT2D eigenvalue weighted by atomic mass is 10.0. The van der Waals surface area contributed by atoms with E-state index in [-0.39, 0.29) is 13.0 Å². The van der Waals surface area contributed by atoms with Crippen LogP contribution < -0.4 is 10.5 Å². The van der Waals surface area contributed by atoms with Crippen molar-refractivity contribution in [1.82, 2.24) is 0 Å². The summed E-state index contributed by atoms with van der Waals surface area (Å²) < 4.78 is 11.7. The predicted molar refractivity (Wildman–Crippen MR) is 116 cm³/mol. The molecular formula is C25H23NO4. The summed E-state index contributed by atoms with van der Waals surface area (Å²) in [5.41, 5.74) is 12.4. The molecule has 5 nitrogen and oxygen atoms in total. The van der Waals surface area contributed by atoms with Crippen LogP contribution in [0.2, 0.25) is 0 Å². The van der Waals surface area contributed by atoms with E-state index >= 15 is 0 Å². The van der Waals surface area contributed by atoms with Crippen molar-refractivity contribution < 1.29 is 19.1 Å². The Balaban J connectivity index is 1.62. The van der Waals surface area contributed by atoms with Crippen molar-refractivity contribution in [3.05, 3.63) is 89.2 Å². The fourth-order valence-electron chi connectivity index (χ4n) is 3.56. The van der Waals surface area contributed by atoms with Gasteiger partial charge in [-0.3, -0.25) is 4.79 Å². The molecule has 3 N–H and O–H groups in total. The monoisotopic (exact) mass is 401 g/mol. The topological polar surface area (TPSA) is 85.7 Å². The molecule has 30 heavy (non-hydrogen) atoms. The summed E-state index contributed by atoms with van der Waals surface area (Å²) in [6, 6.07) is 19.8. The van der Waals surface area contributed by atoms with E-state index in [1.54, 1.807) is 6.26 Å². The third kappa shape index (κ3) is 4.21. The molecule has 1 heterocycles. The number of carbonyl (C=O) groups is 1. The number of hydrogen-bond acceptors (Lipinski definition) is 4. The maximum absolute atomic E-state index is 11.2. The summed E-state index contributed by atoms with van der Waals surface area (Å²) in [6.07, 6.45) is 1.61. The van der Waals surface area contributed by atoms with Gasteiger partial charge in [0, 0.05) is 23.1 Å². The van der Waals surface area contributed by atoms with Gasteiger partial charge in [-0.15, -0.1) is 0 Å². The number of carboxylic acids is 1. The highest BCUT2D eigenvalue weighted by Crippen LogP contribution is 2.30. The van der Waals surface area contributed by atoms with E-state index in [0.717, 1.165) is 38.8 Å². The molecule has 152 valence electrons. The van der Waals surface area contributed by atoms with Crippen LogP contribution in [0.25, 0.3) is 22.1 Å². The zero-order valence-corrected chi connectivity index (χ0v) is 16.7. The summed E-state index contributed by atoms with van der Waals surface area (Å²) in [5.74, 6) is -0.312. The van der Waals surface area contributed by atoms with Gasteiger partial charge in [-0.25, -0.2) is 0 Å².